The van der Waals surface area contributed by atoms with Crippen LogP contribution in [0.25, 0.3) is 11.3 Å². The normalized spacial score (nSPS) is 27.6. The van der Waals surface area contributed by atoms with E-state index in [0.717, 1.165) is 19.3 Å². The molecule has 0 radical (unpaired) electrons. The highest BCUT2D eigenvalue weighted by Gasteiger charge is 2.60. The van der Waals surface area contributed by atoms with E-state index in [0.29, 0.717) is 28.2 Å². The smallest absolute Gasteiger partial charge is 0.233 e. The summed E-state index contributed by atoms with van der Waals surface area (Å²) in [5.74, 6) is -0.536. The largest absolute Gasteiger partial charge is 0.302 e. The second kappa shape index (κ2) is 7.02. The Morgan fingerprint density at radius 1 is 1.17 bits per heavy atom. The fourth-order valence-corrected chi connectivity index (χ4v) is 5.94. The van der Waals surface area contributed by atoms with Crippen molar-refractivity contribution in [3.8, 4) is 11.3 Å². The fourth-order valence-electron chi connectivity index (χ4n) is 5.21. The zero-order valence-electron chi connectivity index (χ0n) is 15.6. The van der Waals surface area contributed by atoms with E-state index in [-0.39, 0.29) is 48.3 Å². The van der Waals surface area contributed by atoms with E-state index in [9.17, 15) is 18.8 Å². The van der Waals surface area contributed by atoms with Crippen LogP contribution in [0, 0.1) is 29.5 Å². The van der Waals surface area contributed by atoms with Crippen LogP contribution >= 0.6 is 11.3 Å². The van der Waals surface area contributed by atoms with Gasteiger partial charge in [0.15, 0.2) is 5.13 Å². The summed E-state index contributed by atoms with van der Waals surface area (Å²) in [7, 11) is 0. The third-order valence-electron chi connectivity index (χ3n) is 6.48. The average molecular weight is 413 g/mol. The molecule has 1 aromatic carbocycles. The topological polar surface area (TPSA) is 79.4 Å². The molecule has 2 aliphatic carbocycles. The van der Waals surface area contributed by atoms with Gasteiger partial charge in [0.1, 0.15) is 5.82 Å². The maximum Gasteiger partial charge on any atom is 0.233 e. The molecule has 4 atom stereocenters. The highest BCUT2D eigenvalue weighted by Crippen LogP contribution is 2.56. The fraction of sp³-hybridized carbons (Fsp3) is 0.429. The lowest BCUT2D eigenvalue weighted by molar-refractivity contribution is -0.140. The Kier molecular flexibility index (Phi) is 4.46. The molecule has 3 amide bonds. The molecule has 5 rings (SSSR count). The monoisotopic (exact) mass is 413 g/mol. The van der Waals surface area contributed by atoms with Crippen LogP contribution in [0.15, 0.2) is 29.6 Å². The first-order chi connectivity index (χ1) is 14.0. The van der Waals surface area contributed by atoms with Crippen molar-refractivity contribution in [2.24, 2.45) is 23.7 Å². The number of halogens is 1. The Hall–Kier alpha value is -2.61. The predicted octanol–water partition coefficient (Wildman–Crippen LogP) is 3.31. The number of amides is 3. The van der Waals surface area contributed by atoms with E-state index in [2.05, 4.69) is 10.3 Å². The molecule has 8 heteroatoms. The van der Waals surface area contributed by atoms with Crippen molar-refractivity contribution in [3.63, 3.8) is 0 Å². The highest BCUT2D eigenvalue weighted by atomic mass is 32.1. The number of imide groups is 1. The van der Waals surface area contributed by atoms with Crippen molar-refractivity contribution in [2.45, 2.75) is 25.7 Å². The average Bonchev–Trinajstić information content (AvgIpc) is 3.46. The molecule has 2 saturated carbocycles. The standard InChI is InChI=1S/C21H20FN3O3S/c22-14-4-2-1-3-13(14)15-10-29-21(23-15)24-16(26)7-8-25-19(27)17-11-5-6-12(9-11)18(17)20(25)28/h1-4,10-12,17-18H,5-9H2,(H,23,24,26). The Bertz CT molecular complexity index is 979. The maximum absolute atomic E-state index is 13.9. The summed E-state index contributed by atoms with van der Waals surface area (Å²) in [5, 5.41) is 4.72. The Balaban J connectivity index is 1.20. The number of likely N-dealkylation sites (tertiary alicyclic amines) is 1. The zero-order valence-corrected chi connectivity index (χ0v) is 16.5. The molecule has 2 heterocycles. The van der Waals surface area contributed by atoms with E-state index in [1.54, 1.807) is 23.6 Å². The Morgan fingerprint density at radius 2 is 1.86 bits per heavy atom. The maximum atomic E-state index is 13.9. The number of nitrogens with zero attached hydrogens (tertiary/aromatic N) is 2. The van der Waals surface area contributed by atoms with Crippen LogP contribution in [-0.4, -0.2) is 34.2 Å². The van der Waals surface area contributed by atoms with E-state index in [1.165, 1.54) is 22.3 Å². The number of nitrogens with one attached hydrogen (secondary N) is 1. The molecule has 3 aliphatic rings. The van der Waals surface area contributed by atoms with Crippen LogP contribution < -0.4 is 5.32 Å². The number of hydrogen-bond donors (Lipinski definition) is 1. The van der Waals surface area contributed by atoms with Crippen LogP contribution in [0.1, 0.15) is 25.7 Å². The van der Waals surface area contributed by atoms with Gasteiger partial charge in [0, 0.05) is 23.9 Å². The van der Waals surface area contributed by atoms with E-state index < -0.39 is 0 Å². The van der Waals surface area contributed by atoms with Gasteiger partial charge in [-0.3, -0.25) is 19.3 Å². The second-order valence-electron chi connectivity index (χ2n) is 8.03. The molecule has 0 spiro atoms. The van der Waals surface area contributed by atoms with Crippen molar-refractivity contribution in [1.29, 1.82) is 0 Å². The molecule has 150 valence electrons. The molecule has 1 aliphatic heterocycles. The van der Waals surface area contributed by atoms with Crippen molar-refractivity contribution in [3.05, 3.63) is 35.5 Å². The SMILES string of the molecule is O=C(CCN1C(=O)C2C3CCC(C3)C2C1=O)Nc1nc(-c2ccccc2F)cs1. The Labute approximate surface area is 171 Å². The lowest BCUT2D eigenvalue weighted by Crippen LogP contribution is -2.35. The number of thiazole rings is 1. The van der Waals surface area contributed by atoms with Gasteiger partial charge in [-0.05, 0) is 43.2 Å². The number of hydrogen-bond acceptors (Lipinski definition) is 5. The van der Waals surface area contributed by atoms with Crippen LogP contribution in [0.5, 0.6) is 0 Å². The van der Waals surface area contributed by atoms with Crippen LogP contribution in [0.3, 0.4) is 0 Å². The van der Waals surface area contributed by atoms with Crippen molar-refractivity contribution in [2.75, 3.05) is 11.9 Å². The van der Waals surface area contributed by atoms with Gasteiger partial charge in [0.2, 0.25) is 17.7 Å². The molecular weight excluding hydrogens is 393 g/mol. The van der Waals surface area contributed by atoms with Gasteiger partial charge in [-0.2, -0.15) is 0 Å². The van der Waals surface area contributed by atoms with Gasteiger partial charge in [0.25, 0.3) is 0 Å². The van der Waals surface area contributed by atoms with Gasteiger partial charge >= 0.3 is 0 Å². The Morgan fingerprint density at radius 3 is 2.55 bits per heavy atom. The number of fused-ring (bicyclic) bond motifs is 5. The summed E-state index contributed by atoms with van der Waals surface area (Å²) in [6.07, 6.45) is 3.09. The predicted molar refractivity (Wildman–Crippen MR) is 105 cm³/mol. The van der Waals surface area contributed by atoms with E-state index >= 15 is 0 Å². The van der Waals surface area contributed by atoms with Gasteiger partial charge in [-0.25, -0.2) is 9.37 Å². The number of anilines is 1. The third-order valence-corrected chi connectivity index (χ3v) is 7.24. The summed E-state index contributed by atoms with van der Waals surface area (Å²) < 4.78 is 13.9. The molecular formula is C21H20FN3O3S. The minimum Gasteiger partial charge on any atom is -0.302 e. The van der Waals surface area contributed by atoms with Gasteiger partial charge in [-0.15, -0.1) is 11.3 Å². The first-order valence-electron chi connectivity index (χ1n) is 9.88. The highest BCUT2D eigenvalue weighted by molar-refractivity contribution is 7.14. The van der Waals surface area contributed by atoms with Gasteiger partial charge < -0.3 is 5.32 Å². The molecule has 1 N–H and O–H groups in total. The minimum atomic E-state index is -0.374. The van der Waals surface area contributed by atoms with Crippen LogP contribution in [0.4, 0.5) is 9.52 Å². The van der Waals surface area contributed by atoms with E-state index in [1.807, 2.05) is 0 Å². The summed E-state index contributed by atoms with van der Waals surface area (Å²) in [6, 6.07) is 6.32. The summed E-state index contributed by atoms with van der Waals surface area (Å²) >= 11 is 1.21. The second-order valence-corrected chi connectivity index (χ2v) is 8.89. The number of benzene rings is 1. The quantitative estimate of drug-likeness (QED) is 0.763. The van der Waals surface area contributed by atoms with Crippen molar-refractivity contribution < 1.29 is 18.8 Å². The summed E-state index contributed by atoms with van der Waals surface area (Å²) in [5.41, 5.74) is 0.829. The molecule has 1 saturated heterocycles. The summed E-state index contributed by atoms with van der Waals surface area (Å²) in [4.78, 5) is 43.2. The minimum absolute atomic E-state index is 0.0286. The third kappa shape index (κ3) is 3.06. The van der Waals surface area contributed by atoms with E-state index in [4.69, 9.17) is 0 Å². The lowest BCUT2D eigenvalue weighted by atomic mass is 9.81. The number of carbonyl (C=O) groups is 3. The first kappa shape index (κ1) is 18.4. The van der Waals surface area contributed by atoms with Crippen molar-refractivity contribution in [1.82, 2.24) is 9.88 Å². The van der Waals surface area contributed by atoms with Gasteiger partial charge in [0.05, 0.1) is 17.5 Å². The van der Waals surface area contributed by atoms with Crippen molar-refractivity contribution >= 4 is 34.2 Å². The molecule has 29 heavy (non-hydrogen) atoms. The molecule has 2 bridgehead atoms. The molecule has 1 aromatic heterocycles. The molecule has 6 nitrogen and oxygen atoms in total. The number of aromatic nitrogens is 1. The zero-order chi connectivity index (χ0) is 20.1. The number of carbonyl (C=O) groups excluding carboxylic acids is 3. The first-order valence-corrected chi connectivity index (χ1v) is 10.8. The van der Waals surface area contributed by atoms with Crippen LogP contribution in [0.2, 0.25) is 0 Å². The lowest BCUT2D eigenvalue weighted by Gasteiger charge is -2.19. The summed E-state index contributed by atoms with van der Waals surface area (Å²) in [6.45, 7) is 0.0987. The molecule has 4 unspecified atom stereocenters. The molecule has 2 aromatic rings. The van der Waals surface area contributed by atoms with Crippen LogP contribution in [-0.2, 0) is 14.4 Å². The molecule has 3 fully saturated rings. The van der Waals surface area contributed by atoms with Gasteiger partial charge in [-0.1, -0.05) is 12.1 Å². The number of rotatable bonds is 5.